The van der Waals surface area contributed by atoms with Crippen molar-refractivity contribution in [3.05, 3.63) is 42.5 Å². The summed E-state index contributed by atoms with van der Waals surface area (Å²) in [4.78, 5) is 4.26. The second-order valence-electron chi connectivity index (χ2n) is 3.20. The number of nitrogens with zero attached hydrogens (tertiary/aromatic N) is 1. The van der Waals surface area contributed by atoms with Crippen LogP contribution in [0.4, 0.5) is 0 Å². The Morgan fingerprint density at radius 1 is 1.19 bits per heavy atom. The first kappa shape index (κ1) is 10.8. The van der Waals surface area contributed by atoms with Gasteiger partial charge < -0.3 is 4.74 Å². The quantitative estimate of drug-likeness (QED) is 0.762. The zero-order valence-corrected chi connectivity index (χ0v) is 9.65. The summed E-state index contributed by atoms with van der Waals surface area (Å²) in [6.07, 6.45) is 0. The molecule has 0 saturated carbocycles. The lowest BCUT2D eigenvalue weighted by molar-refractivity contribution is 0.415. The van der Waals surface area contributed by atoms with Crippen molar-refractivity contribution in [3.63, 3.8) is 0 Å². The van der Waals surface area contributed by atoms with Crippen LogP contribution in [0.1, 0.15) is 0 Å². The molecule has 0 bridgehead atoms. The molecule has 2 rings (SSSR count). The van der Waals surface area contributed by atoms with Crippen molar-refractivity contribution in [2.45, 2.75) is 0 Å². The van der Waals surface area contributed by atoms with E-state index in [0.717, 1.165) is 17.0 Å². The second-order valence-corrected chi connectivity index (χ2v) is 3.85. The van der Waals surface area contributed by atoms with Crippen LogP contribution in [0.3, 0.4) is 0 Å². The molecule has 0 aliphatic heterocycles. The summed E-state index contributed by atoms with van der Waals surface area (Å²) in [6, 6.07) is 13.0. The van der Waals surface area contributed by atoms with E-state index in [9.17, 15) is 4.57 Å². The fourth-order valence-electron chi connectivity index (χ4n) is 1.42. The molecule has 80 valence electrons. The lowest BCUT2D eigenvalue weighted by atomic mass is 10.1. The van der Waals surface area contributed by atoms with E-state index < -0.39 is 0 Å². The number of pyridine rings is 1. The fourth-order valence-corrected chi connectivity index (χ4v) is 1.71. The highest BCUT2D eigenvalue weighted by atomic mass is 31.1. The van der Waals surface area contributed by atoms with E-state index in [2.05, 4.69) is 4.98 Å². The van der Waals surface area contributed by atoms with Crippen LogP contribution in [0, 0.1) is 0 Å². The predicted octanol–water partition coefficient (Wildman–Crippen LogP) is 2.67. The van der Waals surface area contributed by atoms with Gasteiger partial charge in [-0.2, -0.15) is 0 Å². The molecule has 1 aromatic heterocycles. The van der Waals surface area contributed by atoms with E-state index in [1.165, 1.54) is 0 Å². The lowest BCUT2D eigenvalue weighted by Gasteiger charge is -2.03. The molecule has 0 aliphatic rings. The number of hydrogen-bond donors (Lipinski definition) is 0. The maximum Gasteiger partial charge on any atom is 0.212 e. The lowest BCUT2D eigenvalue weighted by Crippen LogP contribution is -1.99. The molecule has 0 unspecified atom stereocenters. The van der Waals surface area contributed by atoms with Gasteiger partial charge in [-0.3, -0.25) is 4.57 Å². The van der Waals surface area contributed by atoms with Gasteiger partial charge in [0.25, 0.3) is 0 Å². The van der Waals surface area contributed by atoms with Crippen molar-refractivity contribution in [2.24, 2.45) is 0 Å². The van der Waals surface area contributed by atoms with Gasteiger partial charge in [0.05, 0.1) is 12.8 Å². The summed E-state index contributed by atoms with van der Waals surface area (Å²) in [5, 5.41) is 0. The Kier molecular flexibility index (Phi) is 3.28. The molecular formula is C12H10NO2P. The molecule has 0 fully saturated rings. The summed E-state index contributed by atoms with van der Waals surface area (Å²) < 4.78 is 15.9. The van der Waals surface area contributed by atoms with E-state index in [0.29, 0.717) is 5.44 Å². The van der Waals surface area contributed by atoms with Gasteiger partial charge in [-0.05, 0) is 24.3 Å². The molecule has 0 aliphatic carbocycles. The van der Waals surface area contributed by atoms with Crippen molar-refractivity contribution in [3.8, 4) is 17.0 Å². The standard InChI is InChI=1S/C12H10NO2P/c1-15-10-5-2-4-9(8-10)11-6-3-7-12(13-11)16-14/h2-8H,1H3. The minimum absolute atomic E-state index is 0.0642. The molecular weight excluding hydrogens is 221 g/mol. The maximum atomic E-state index is 10.7. The van der Waals surface area contributed by atoms with Crippen LogP contribution in [0.5, 0.6) is 5.75 Å². The molecule has 0 N–H and O–H groups in total. The summed E-state index contributed by atoms with van der Waals surface area (Å²) >= 11 is 0. The number of benzene rings is 1. The second kappa shape index (κ2) is 4.86. The molecule has 0 radical (unpaired) electrons. The first-order valence-electron chi connectivity index (χ1n) is 4.78. The Balaban J connectivity index is 2.45. The van der Waals surface area contributed by atoms with E-state index in [1.54, 1.807) is 13.2 Å². The normalized spacial score (nSPS) is 10.3. The zero-order chi connectivity index (χ0) is 11.4. The van der Waals surface area contributed by atoms with Crippen LogP contribution < -0.4 is 10.2 Å². The summed E-state index contributed by atoms with van der Waals surface area (Å²) in [5.74, 6) is 0.782. The Labute approximate surface area is 95.3 Å². The van der Waals surface area contributed by atoms with Gasteiger partial charge in [-0.15, -0.1) is 0 Å². The van der Waals surface area contributed by atoms with Gasteiger partial charge >= 0.3 is 0 Å². The van der Waals surface area contributed by atoms with Crippen molar-refractivity contribution >= 4 is 13.9 Å². The smallest absolute Gasteiger partial charge is 0.212 e. The molecule has 3 nitrogen and oxygen atoms in total. The summed E-state index contributed by atoms with van der Waals surface area (Å²) in [7, 11) is 1.56. The minimum atomic E-state index is -0.0642. The van der Waals surface area contributed by atoms with E-state index in [-0.39, 0.29) is 8.46 Å². The maximum absolute atomic E-state index is 10.7. The molecule has 0 saturated heterocycles. The monoisotopic (exact) mass is 231 g/mol. The largest absolute Gasteiger partial charge is 0.497 e. The number of rotatable bonds is 3. The van der Waals surface area contributed by atoms with Crippen LogP contribution in [-0.4, -0.2) is 12.1 Å². The average Bonchev–Trinajstić information content (AvgIpc) is 2.39. The topological polar surface area (TPSA) is 39.2 Å². The van der Waals surface area contributed by atoms with Crippen LogP contribution >= 0.6 is 8.46 Å². The van der Waals surface area contributed by atoms with Crippen LogP contribution in [0.2, 0.25) is 0 Å². The SMILES string of the molecule is COc1cccc(-c2cccc(P=O)n2)c1. The number of ether oxygens (including phenoxy) is 1. The number of hydrogen-bond acceptors (Lipinski definition) is 3. The Bertz CT molecular complexity index is 514. The minimum Gasteiger partial charge on any atom is -0.497 e. The molecule has 1 aromatic carbocycles. The third-order valence-corrected chi connectivity index (χ3v) is 2.63. The van der Waals surface area contributed by atoms with Gasteiger partial charge in [-0.1, -0.05) is 18.2 Å². The molecule has 4 heteroatoms. The Morgan fingerprint density at radius 2 is 2.00 bits per heavy atom. The first-order valence-corrected chi connectivity index (χ1v) is 5.59. The van der Waals surface area contributed by atoms with Gasteiger partial charge in [0.2, 0.25) is 8.46 Å². The Morgan fingerprint density at radius 3 is 2.75 bits per heavy atom. The molecule has 0 amide bonds. The van der Waals surface area contributed by atoms with Crippen molar-refractivity contribution in [1.82, 2.24) is 4.98 Å². The van der Waals surface area contributed by atoms with Crippen molar-refractivity contribution in [1.29, 1.82) is 0 Å². The highest BCUT2D eigenvalue weighted by molar-refractivity contribution is 7.33. The number of aromatic nitrogens is 1. The Hall–Kier alpha value is -1.73. The van der Waals surface area contributed by atoms with E-state index in [4.69, 9.17) is 4.74 Å². The average molecular weight is 231 g/mol. The van der Waals surface area contributed by atoms with Gasteiger partial charge in [0, 0.05) is 5.56 Å². The molecule has 2 aromatic rings. The van der Waals surface area contributed by atoms with Crippen molar-refractivity contribution < 1.29 is 9.30 Å². The third kappa shape index (κ3) is 2.26. The summed E-state index contributed by atoms with van der Waals surface area (Å²) in [6.45, 7) is 0. The van der Waals surface area contributed by atoms with Gasteiger partial charge in [-0.25, -0.2) is 4.98 Å². The fraction of sp³-hybridized carbons (Fsp3) is 0.0833. The van der Waals surface area contributed by atoms with Crippen molar-refractivity contribution in [2.75, 3.05) is 7.11 Å². The predicted molar refractivity (Wildman–Crippen MR) is 63.5 cm³/mol. The first-order chi connectivity index (χ1) is 7.83. The molecule has 1 heterocycles. The van der Waals surface area contributed by atoms with Gasteiger partial charge in [0.15, 0.2) is 0 Å². The van der Waals surface area contributed by atoms with E-state index >= 15 is 0 Å². The number of methoxy groups -OCH3 is 1. The zero-order valence-electron chi connectivity index (χ0n) is 8.75. The molecule has 16 heavy (non-hydrogen) atoms. The van der Waals surface area contributed by atoms with Crippen LogP contribution in [0.15, 0.2) is 42.5 Å². The highest BCUT2D eigenvalue weighted by Crippen LogP contribution is 2.21. The van der Waals surface area contributed by atoms with Gasteiger partial charge in [0.1, 0.15) is 11.2 Å². The molecule has 0 spiro atoms. The summed E-state index contributed by atoms with van der Waals surface area (Å²) in [5.41, 5.74) is 2.27. The molecule has 0 atom stereocenters. The van der Waals surface area contributed by atoms with E-state index in [1.807, 2.05) is 36.4 Å². The third-order valence-electron chi connectivity index (χ3n) is 2.19. The highest BCUT2D eigenvalue weighted by Gasteiger charge is 2.02. The van der Waals surface area contributed by atoms with Crippen LogP contribution in [-0.2, 0) is 4.57 Å². The van der Waals surface area contributed by atoms with Crippen LogP contribution in [0.25, 0.3) is 11.3 Å².